The largest absolute Gasteiger partial charge is 0.353 e. The maximum Gasteiger partial charge on any atom is 0.220 e. The van der Waals surface area contributed by atoms with Crippen molar-refractivity contribution in [3.05, 3.63) is 35.9 Å². The third-order valence-corrected chi connectivity index (χ3v) is 4.53. The molecule has 2 heteroatoms. The van der Waals surface area contributed by atoms with E-state index in [0.29, 0.717) is 17.9 Å². The summed E-state index contributed by atoms with van der Waals surface area (Å²) in [7, 11) is 0. The number of hydrogen-bond acceptors (Lipinski definition) is 1. The number of nitrogens with one attached hydrogen (secondary N) is 1. The van der Waals surface area contributed by atoms with Crippen molar-refractivity contribution in [3.63, 3.8) is 0 Å². The smallest absolute Gasteiger partial charge is 0.220 e. The van der Waals surface area contributed by atoms with Crippen molar-refractivity contribution in [2.24, 2.45) is 5.92 Å². The van der Waals surface area contributed by atoms with Crippen LogP contribution in [0.15, 0.2) is 30.3 Å². The third-order valence-electron chi connectivity index (χ3n) is 4.53. The highest BCUT2D eigenvalue weighted by molar-refractivity contribution is 5.76. The Hall–Kier alpha value is -1.31. The first kappa shape index (κ1) is 12.7. The zero-order chi connectivity index (χ0) is 13.1. The maximum atomic E-state index is 11.8. The molecule has 2 fully saturated rings. The highest BCUT2D eigenvalue weighted by Crippen LogP contribution is 2.37. The van der Waals surface area contributed by atoms with Crippen molar-refractivity contribution >= 4 is 5.91 Å². The molecule has 0 spiro atoms. The van der Waals surface area contributed by atoms with E-state index < -0.39 is 0 Å². The SMILES string of the molecule is O=C(CC1CCC(c2ccccc2)CC1)NC1CC1. The lowest BCUT2D eigenvalue weighted by atomic mass is 9.77. The third kappa shape index (κ3) is 3.59. The number of rotatable bonds is 4. The van der Waals surface area contributed by atoms with Gasteiger partial charge in [-0.05, 0) is 55.9 Å². The highest BCUT2D eigenvalue weighted by atomic mass is 16.1. The summed E-state index contributed by atoms with van der Waals surface area (Å²) in [5, 5.41) is 3.11. The summed E-state index contributed by atoms with van der Waals surface area (Å²) in [5.41, 5.74) is 1.48. The Morgan fingerprint density at radius 3 is 2.32 bits per heavy atom. The Balaban J connectivity index is 1.45. The van der Waals surface area contributed by atoms with Gasteiger partial charge in [-0.3, -0.25) is 4.79 Å². The van der Waals surface area contributed by atoms with Gasteiger partial charge < -0.3 is 5.32 Å². The first-order chi connectivity index (χ1) is 9.31. The molecule has 1 N–H and O–H groups in total. The Labute approximate surface area is 115 Å². The number of carbonyl (C=O) groups is 1. The van der Waals surface area contributed by atoms with Gasteiger partial charge in [0.15, 0.2) is 0 Å². The van der Waals surface area contributed by atoms with Crippen molar-refractivity contribution < 1.29 is 4.79 Å². The summed E-state index contributed by atoms with van der Waals surface area (Å²) < 4.78 is 0. The highest BCUT2D eigenvalue weighted by Gasteiger charge is 2.27. The van der Waals surface area contributed by atoms with Gasteiger partial charge in [-0.1, -0.05) is 30.3 Å². The lowest BCUT2D eigenvalue weighted by molar-refractivity contribution is -0.122. The van der Waals surface area contributed by atoms with Gasteiger partial charge in [0.05, 0.1) is 0 Å². The average molecular weight is 257 g/mol. The van der Waals surface area contributed by atoms with Crippen LogP contribution in [0.25, 0.3) is 0 Å². The zero-order valence-corrected chi connectivity index (χ0v) is 11.5. The van der Waals surface area contributed by atoms with Gasteiger partial charge in [0, 0.05) is 12.5 Å². The van der Waals surface area contributed by atoms with Crippen LogP contribution in [0.4, 0.5) is 0 Å². The van der Waals surface area contributed by atoms with Gasteiger partial charge in [-0.15, -0.1) is 0 Å². The molecule has 0 atom stereocenters. The normalized spacial score (nSPS) is 26.9. The summed E-state index contributed by atoms with van der Waals surface area (Å²) in [6.45, 7) is 0. The second-order valence-electron chi connectivity index (χ2n) is 6.17. The molecule has 2 aliphatic rings. The predicted molar refractivity (Wildman–Crippen MR) is 76.9 cm³/mol. The van der Waals surface area contributed by atoms with E-state index >= 15 is 0 Å². The standard InChI is InChI=1S/C17H23NO/c19-17(18-16-10-11-16)12-13-6-8-15(9-7-13)14-4-2-1-3-5-14/h1-5,13,15-16H,6-12H2,(H,18,19). The Morgan fingerprint density at radius 1 is 1.00 bits per heavy atom. The molecule has 0 radical (unpaired) electrons. The van der Waals surface area contributed by atoms with E-state index in [9.17, 15) is 4.79 Å². The van der Waals surface area contributed by atoms with Crippen molar-refractivity contribution in [2.45, 2.75) is 56.9 Å². The number of benzene rings is 1. The molecule has 0 aromatic heterocycles. The van der Waals surface area contributed by atoms with Crippen LogP contribution in [0.1, 0.15) is 56.4 Å². The van der Waals surface area contributed by atoms with Crippen LogP contribution in [0, 0.1) is 5.92 Å². The molecule has 0 unspecified atom stereocenters. The molecule has 102 valence electrons. The fourth-order valence-electron chi connectivity index (χ4n) is 3.20. The summed E-state index contributed by atoms with van der Waals surface area (Å²) in [6, 6.07) is 11.3. The van der Waals surface area contributed by atoms with E-state index in [0.717, 1.165) is 6.42 Å². The summed E-state index contributed by atoms with van der Waals surface area (Å²) >= 11 is 0. The van der Waals surface area contributed by atoms with Crippen LogP contribution >= 0.6 is 0 Å². The van der Waals surface area contributed by atoms with Crippen molar-refractivity contribution in [3.8, 4) is 0 Å². The summed E-state index contributed by atoms with van der Waals surface area (Å²) in [4.78, 5) is 11.8. The minimum absolute atomic E-state index is 0.283. The summed E-state index contributed by atoms with van der Waals surface area (Å²) in [6.07, 6.45) is 8.02. The van der Waals surface area contributed by atoms with E-state index in [-0.39, 0.29) is 5.91 Å². The predicted octanol–water partition coefficient (Wildman–Crippen LogP) is 3.63. The first-order valence-electron chi connectivity index (χ1n) is 7.65. The summed E-state index contributed by atoms with van der Waals surface area (Å²) in [5.74, 6) is 1.60. The van der Waals surface area contributed by atoms with Crippen LogP contribution in [0.5, 0.6) is 0 Å². The van der Waals surface area contributed by atoms with Crippen molar-refractivity contribution in [2.75, 3.05) is 0 Å². The molecule has 0 aliphatic heterocycles. The molecule has 1 aromatic carbocycles. The fourth-order valence-corrected chi connectivity index (χ4v) is 3.20. The van der Waals surface area contributed by atoms with Gasteiger partial charge in [0.2, 0.25) is 5.91 Å². The monoisotopic (exact) mass is 257 g/mol. The Morgan fingerprint density at radius 2 is 1.68 bits per heavy atom. The molecule has 19 heavy (non-hydrogen) atoms. The van der Waals surface area contributed by atoms with E-state index in [2.05, 4.69) is 35.6 Å². The van der Waals surface area contributed by atoms with Gasteiger partial charge >= 0.3 is 0 Å². The van der Waals surface area contributed by atoms with Gasteiger partial charge in [0.25, 0.3) is 0 Å². The minimum atomic E-state index is 0.283. The molecular weight excluding hydrogens is 234 g/mol. The maximum absolute atomic E-state index is 11.8. The zero-order valence-electron chi connectivity index (χ0n) is 11.5. The molecule has 3 rings (SSSR count). The molecule has 0 bridgehead atoms. The molecule has 2 aliphatic carbocycles. The van der Waals surface area contributed by atoms with Crippen LogP contribution < -0.4 is 5.32 Å². The Kier molecular flexibility index (Phi) is 3.86. The fraction of sp³-hybridized carbons (Fsp3) is 0.588. The number of carbonyl (C=O) groups excluding carboxylic acids is 1. The van der Waals surface area contributed by atoms with E-state index in [1.165, 1.54) is 44.1 Å². The van der Waals surface area contributed by atoms with E-state index in [1.54, 1.807) is 0 Å². The topological polar surface area (TPSA) is 29.1 Å². The molecular formula is C17H23NO. The molecule has 2 saturated carbocycles. The van der Waals surface area contributed by atoms with E-state index in [4.69, 9.17) is 0 Å². The van der Waals surface area contributed by atoms with Crippen LogP contribution in [-0.4, -0.2) is 11.9 Å². The minimum Gasteiger partial charge on any atom is -0.353 e. The first-order valence-corrected chi connectivity index (χ1v) is 7.65. The quantitative estimate of drug-likeness (QED) is 0.876. The Bertz CT molecular complexity index is 416. The lowest BCUT2D eigenvalue weighted by Gasteiger charge is -2.28. The van der Waals surface area contributed by atoms with E-state index in [1.807, 2.05) is 0 Å². The number of amides is 1. The van der Waals surface area contributed by atoms with Gasteiger partial charge in [-0.25, -0.2) is 0 Å². The molecule has 0 heterocycles. The molecule has 1 aromatic rings. The van der Waals surface area contributed by atoms with Crippen molar-refractivity contribution in [1.82, 2.24) is 5.32 Å². The van der Waals surface area contributed by atoms with Gasteiger partial charge in [0.1, 0.15) is 0 Å². The van der Waals surface area contributed by atoms with Crippen LogP contribution in [0.3, 0.4) is 0 Å². The van der Waals surface area contributed by atoms with Gasteiger partial charge in [-0.2, -0.15) is 0 Å². The van der Waals surface area contributed by atoms with Crippen LogP contribution in [-0.2, 0) is 4.79 Å². The second kappa shape index (κ2) is 5.77. The number of hydrogen-bond donors (Lipinski definition) is 1. The van der Waals surface area contributed by atoms with Crippen molar-refractivity contribution in [1.29, 1.82) is 0 Å². The second-order valence-corrected chi connectivity index (χ2v) is 6.17. The lowest BCUT2D eigenvalue weighted by Crippen LogP contribution is -2.28. The molecule has 2 nitrogen and oxygen atoms in total. The molecule has 0 saturated heterocycles. The van der Waals surface area contributed by atoms with Crippen LogP contribution in [0.2, 0.25) is 0 Å². The molecule has 1 amide bonds. The average Bonchev–Trinajstić information content (AvgIpc) is 3.24.